The van der Waals surface area contributed by atoms with E-state index < -0.39 is 11.5 Å². The Hall–Kier alpha value is -1.22. The number of nitrogens with one attached hydrogen (secondary N) is 2. The second kappa shape index (κ2) is 9.33. The number of rotatable bonds is 8. The molecule has 2 aliphatic rings. The molecule has 1 heterocycles. The molecule has 31 heavy (non-hydrogen) atoms. The molecule has 0 aromatic carbocycles. The third-order valence-electron chi connectivity index (χ3n) is 7.84. The molecule has 8 heteroatoms. The minimum atomic E-state index is -0.617. The van der Waals surface area contributed by atoms with Gasteiger partial charge in [-0.05, 0) is 42.9 Å². The van der Waals surface area contributed by atoms with Gasteiger partial charge in [0.2, 0.25) is 5.91 Å². The summed E-state index contributed by atoms with van der Waals surface area (Å²) < 4.78 is 0. The van der Waals surface area contributed by atoms with Crippen LogP contribution in [-0.2, 0) is 11.2 Å². The molecule has 0 bridgehead atoms. The van der Waals surface area contributed by atoms with E-state index >= 15 is 0 Å². The Morgan fingerprint density at radius 1 is 1.32 bits per heavy atom. The number of hydrogen-bond acceptors (Lipinski definition) is 7. The quantitative estimate of drug-likeness (QED) is 0.413. The van der Waals surface area contributed by atoms with Crippen LogP contribution in [0.5, 0.6) is 0 Å². The molecule has 0 aliphatic heterocycles. The largest absolute Gasteiger partial charge is 0.396 e. The van der Waals surface area contributed by atoms with Crippen molar-refractivity contribution in [3.05, 3.63) is 10.6 Å². The summed E-state index contributed by atoms with van der Waals surface area (Å²) in [5.41, 5.74) is 0.103. The van der Waals surface area contributed by atoms with Gasteiger partial charge in [-0.25, -0.2) is 4.98 Å². The van der Waals surface area contributed by atoms with Crippen LogP contribution in [0.4, 0.5) is 5.13 Å². The lowest BCUT2D eigenvalue weighted by atomic mass is 9.47. The van der Waals surface area contributed by atoms with Crippen LogP contribution in [0.15, 0.2) is 0 Å². The van der Waals surface area contributed by atoms with E-state index in [0.29, 0.717) is 18.8 Å². The zero-order valence-corrected chi connectivity index (χ0v) is 20.3. The van der Waals surface area contributed by atoms with Crippen molar-refractivity contribution < 1.29 is 20.1 Å². The third-order valence-corrected chi connectivity index (χ3v) is 8.95. The van der Waals surface area contributed by atoms with Crippen molar-refractivity contribution in [2.75, 3.05) is 25.6 Å². The topological polar surface area (TPSA) is 115 Å². The first-order valence-corrected chi connectivity index (χ1v) is 12.3. The Balaban J connectivity index is 1.95. The summed E-state index contributed by atoms with van der Waals surface area (Å²) in [7, 11) is 1.85. The zero-order chi connectivity index (χ0) is 23.0. The second-order valence-corrected chi connectivity index (χ2v) is 11.5. The van der Waals surface area contributed by atoms with Gasteiger partial charge in [0.1, 0.15) is 0 Å². The zero-order valence-electron chi connectivity index (χ0n) is 19.4. The van der Waals surface area contributed by atoms with Gasteiger partial charge in [-0.3, -0.25) is 4.79 Å². The minimum absolute atomic E-state index is 0.0495. The molecule has 176 valence electrons. The molecule has 1 fully saturated rings. The van der Waals surface area contributed by atoms with E-state index in [4.69, 9.17) is 4.98 Å². The standard InChI is InChI=1S/C23H39N3O4S/c1-13(2)8-14(11-27)25-19(30)9-15-20-16(31-21(24-5)26-20)10-17-22(15,3)7-6-18(29)23(17,4)12-28/h13-15,17-18,27-29H,6-12H2,1-5H3,(H,24,26)(H,25,30). The molecule has 0 radical (unpaired) electrons. The molecule has 0 saturated heterocycles. The molecule has 1 saturated carbocycles. The SMILES string of the molecule is CNc1nc2c(s1)CC1C(C)(CO)C(O)CCC1(C)C2CC(=O)NC(CO)CC(C)C. The van der Waals surface area contributed by atoms with E-state index in [-0.39, 0.29) is 42.4 Å². The molecule has 2 aliphatic carbocycles. The Morgan fingerprint density at radius 2 is 2.03 bits per heavy atom. The van der Waals surface area contributed by atoms with Gasteiger partial charge in [0.25, 0.3) is 0 Å². The number of amides is 1. The van der Waals surface area contributed by atoms with Gasteiger partial charge < -0.3 is 26.0 Å². The van der Waals surface area contributed by atoms with E-state index in [1.807, 2.05) is 14.0 Å². The Bertz CT molecular complexity index is 785. The molecule has 1 amide bonds. The monoisotopic (exact) mass is 453 g/mol. The predicted molar refractivity (Wildman–Crippen MR) is 123 cm³/mol. The van der Waals surface area contributed by atoms with Crippen molar-refractivity contribution in [1.82, 2.24) is 10.3 Å². The number of aliphatic hydroxyl groups is 3. The van der Waals surface area contributed by atoms with Crippen LogP contribution < -0.4 is 10.6 Å². The molecule has 6 atom stereocenters. The van der Waals surface area contributed by atoms with Crippen LogP contribution in [0, 0.1) is 22.7 Å². The highest BCUT2D eigenvalue weighted by atomic mass is 32.1. The van der Waals surface area contributed by atoms with Crippen LogP contribution in [-0.4, -0.2) is 58.6 Å². The smallest absolute Gasteiger partial charge is 0.220 e. The summed E-state index contributed by atoms with van der Waals surface area (Å²) in [5.74, 6) is 0.251. The second-order valence-electron chi connectivity index (χ2n) is 10.4. The lowest BCUT2D eigenvalue weighted by molar-refractivity contribution is -0.144. The van der Waals surface area contributed by atoms with E-state index in [2.05, 4.69) is 31.4 Å². The molecule has 5 N–H and O–H groups in total. The number of carbonyl (C=O) groups excluding carboxylic acids is 1. The maximum absolute atomic E-state index is 13.1. The highest BCUT2D eigenvalue weighted by molar-refractivity contribution is 7.15. The lowest BCUT2D eigenvalue weighted by Gasteiger charge is -2.58. The number of aliphatic hydroxyl groups excluding tert-OH is 3. The minimum Gasteiger partial charge on any atom is -0.396 e. The molecule has 3 rings (SSSR count). The maximum atomic E-state index is 13.1. The van der Waals surface area contributed by atoms with E-state index in [1.165, 1.54) is 0 Å². The fourth-order valence-corrected chi connectivity index (χ4v) is 6.99. The molecule has 1 aromatic heterocycles. The molecule has 1 aromatic rings. The highest BCUT2D eigenvalue weighted by Crippen LogP contribution is 2.62. The van der Waals surface area contributed by atoms with Gasteiger partial charge in [0, 0.05) is 29.7 Å². The molecular weight excluding hydrogens is 414 g/mol. The van der Waals surface area contributed by atoms with Crippen molar-refractivity contribution in [3.63, 3.8) is 0 Å². The highest BCUT2D eigenvalue weighted by Gasteiger charge is 2.59. The van der Waals surface area contributed by atoms with Crippen molar-refractivity contribution in [3.8, 4) is 0 Å². The van der Waals surface area contributed by atoms with Gasteiger partial charge in [-0.1, -0.05) is 27.7 Å². The molecular formula is C23H39N3O4S. The van der Waals surface area contributed by atoms with E-state index in [1.54, 1.807) is 11.3 Å². The fraction of sp³-hybridized carbons (Fsp3) is 0.826. The number of anilines is 1. The summed E-state index contributed by atoms with van der Waals surface area (Å²) in [5, 5.41) is 37.8. The van der Waals surface area contributed by atoms with Gasteiger partial charge >= 0.3 is 0 Å². The average molecular weight is 454 g/mol. The first kappa shape index (κ1) is 24.4. The number of nitrogens with zero attached hydrogens (tertiary/aromatic N) is 1. The Labute approximate surface area is 189 Å². The van der Waals surface area contributed by atoms with Gasteiger partial charge in [0.05, 0.1) is 31.1 Å². The first-order chi connectivity index (χ1) is 14.6. The first-order valence-electron chi connectivity index (χ1n) is 11.5. The van der Waals surface area contributed by atoms with E-state index in [9.17, 15) is 20.1 Å². The van der Waals surface area contributed by atoms with Gasteiger partial charge in [-0.2, -0.15) is 0 Å². The van der Waals surface area contributed by atoms with Crippen LogP contribution >= 0.6 is 11.3 Å². The van der Waals surface area contributed by atoms with Gasteiger partial charge in [-0.15, -0.1) is 11.3 Å². The fourth-order valence-electron chi connectivity index (χ4n) is 5.97. The summed E-state index contributed by atoms with van der Waals surface area (Å²) >= 11 is 1.60. The lowest BCUT2D eigenvalue weighted by Crippen LogP contribution is -2.58. The number of fused-ring (bicyclic) bond motifs is 2. The van der Waals surface area contributed by atoms with Crippen LogP contribution in [0.1, 0.15) is 69.9 Å². The normalized spacial score (nSPS) is 33.5. The van der Waals surface area contributed by atoms with Crippen molar-refractivity contribution in [2.45, 2.75) is 77.9 Å². The predicted octanol–water partition coefficient (Wildman–Crippen LogP) is 2.51. The van der Waals surface area contributed by atoms with Crippen LogP contribution in [0.2, 0.25) is 0 Å². The number of hydrogen-bond donors (Lipinski definition) is 5. The van der Waals surface area contributed by atoms with Crippen molar-refractivity contribution >= 4 is 22.4 Å². The van der Waals surface area contributed by atoms with Crippen LogP contribution in [0.3, 0.4) is 0 Å². The number of carbonyl (C=O) groups is 1. The molecule has 7 nitrogen and oxygen atoms in total. The molecule has 6 unspecified atom stereocenters. The third kappa shape index (κ3) is 4.49. The summed E-state index contributed by atoms with van der Waals surface area (Å²) in [6.07, 6.45) is 2.60. The maximum Gasteiger partial charge on any atom is 0.220 e. The summed E-state index contributed by atoms with van der Waals surface area (Å²) in [4.78, 5) is 19.1. The summed E-state index contributed by atoms with van der Waals surface area (Å²) in [6.45, 7) is 8.17. The molecule has 0 spiro atoms. The number of thiazole rings is 1. The van der Waals surface area contributed by atoms with Crippen molar-refractivity contribution in [1.29, 1.82) is 0 Å². The van der Waals surface area contributed by atoms with Crippen molar-refractivity contribution in [2.24, 2.45) is 22.7 Å². The Morgan fingerprint density at radius 3 is 2.61 bits per heavy atom. The number of aromatic nitrogens is 1. The average Bonchev–Trinajstić information content (AvgIpc) is 3.14. The van der Waals surface area contributed by atoms with Crippen LogP contribution in [0.25, 0.3) is 0 Å². The van der Waals surface area contributed by atoms with E-state index in [0.717, 1.165) is 35.0 Å². The summed E-state index contributed by atoms with van der Waals surface area (Å²) in [6, 6.07) is -0.252. The van der Waals surface area contributed by atoms with Gasteiger partial charge in [0.15, 0.2) is 5.13 Å². The Kier molecular flexibility index (Phi) is 7.35.